The topological polar surface area (TPSA) is 70.0 Å². The molecule has 0 saturated heterocycles. The largest absolute Gasteiger partial charge is 0.225 e. The minimum absolute atomic E-state index is 0.0911. The fraction of sp³-hybridized carbons (Fsp3) is 0.857. The van der Waals surface area contributed by atoms with Gasteiger partial charge in [-0.05, 0) is 12.3 Å². The first kappa shape index (κ1) is 9.49. The molecule has 5 heteroatoms. The summed E-state index contributed by atoms with van der Waals surface area (Å²) < 4.78 is 24.5. The van der Waals surface area contributed by atoms with E-state index in [2.05, 4.69) is 4.72 Å². The third-order valence-corrected chi connectivity index (χ3v) is 3.20. The Hall–Kier alpha value is -0.600. The summed E-state index contributed by atoms with van der Waals surface area (Å²) in [7, 11) is -3.32. The average Bonchev–Trinajstić information content (AvgIpc) is 2.66. The molecule has 0 aromatic heterocycles. The van der Waals surface area contributed by atoms with Crippen LogP contribution in [0.1, 0.15) is 19.8 Å². The normalized spacial score (nSPS) is 28.0. The number of nitriles is 1. The van der Waals surface area contributed by atoms with Crippen molar-refractivity contribution >= 4 is 10.0 Å². The van der Waals surface area contributed by atoms with Gasteiger partial charge >= 0.3 is 0 Å². The van der Waals surface area contributed by atoms with Gasteiger partial charge in [0.05, 0.1) is 6.07 Å². The summed E-state index contributed by atoms with van der Waals surface area (Å²) in [6.07, 6.45) is 1.92. The van der Waals surface area contributed by atoms with E-state index >= 15 is 0 Å². The van der Waals surface area contributed by atoms with Crippen molar-refractivity contribution in [1.82, 2.24) is 4.72 Å². The molecule has 1 N–H and O–H groups in total. The Morgan fingerprint density at radius 1 is 1.67 bits per heavy atom. The summed E-state index contributed by atoms with van der Waals surface area (Å²) in [6.45, 7) is 2.03. The molecule has 4 nitrogen and oxygen atoms in total. The van der Waals surface area contributed by atoms with Crippen LogP contribution in [0.2, 0.25) is 0 Å². The van der Waals surface area contributed by atoms with Crippen LogP contribution in [0.3, 0.4) is 0 Å². The molecule has 68 valence electrons. The second-order valence-corrected chi connectivity index (χ2v) is 4.80. The zero-order valence-electron chi connectivity index (χ0n) is 6.95. The summed E-state index contributed by atoms with van der Waals surface area (Å²) in [5, 5.41) is 8.19. The zero-order chi connectivity index (χ0) is 9.19. The van der Waals surface area contributed by atoms with Gasteiger partial charge in [-0.25, -0.2) is 13.1 Å². The van der Waals surface area contributed by atoms with E-state index < -0.39 is 15.8 Å². The Kier molecular flexibility index (Phi) is 2.70. The maximum atomic E-state index is 11.0. The molecule has 1 fully saturated rings. The molecule has 1 aliphatic rings. The molecule has 2 atom stereocenters. The van der Waals surface area contributed by atoms with E-state index in [4.69, 9.17) is 5.26 Å². The van der Waals surface area contributed by atoms with E-state index in [-0.39, 0.29) is 6.04 Å². The summed E-state index contributed by atoms with van der Waals surface area (Å²) in [5.74, 6) is 0.0541. The number of hydrogen-bond donors (Lipinski definition) is 1. The first-order valence-corrected chi connectivity index (χ1v) is 5.61. The third kappa shape index (κ3) is 2.47. The highest BCUT2D eigenvalue weighted by Crippen LogP contribution is 2.33. The van der Waals surface area contributed by atoms with Gasteiger partial charge in [-0.15, -0.1) is 0 Å². The molecule has 0 radical (unpaired) electrons. The molecule has 0 aromatic rings. The average molecular weight is 188 g/mol. The summed E-state index contributed by atoms with van der Waals surface area (Å²) in [6, 6.07) is 1.71. The van der Waals surface area contributed by atoms with Crippen LogP contribution in [0.15, 0.2) is 0 Å². The number of hydrogen-bond acceptors (Lipinski definition) is 3. The van der Waals surface area contributed by atoms with Crippen molar-refractivity contribution in [3.8, 4) is 6.07 Å². The van der Waals surface area contributed by atoms with Crippen LogP contribution in [0, 0.1) is 17.2 Å². The number of nitrogens with zero attached hydrogens (tertiary/aromatic N) is 1. The van der Waals surface area contributed by atoms with Gasteiger partial charge in [-0.2, -0.15) is 5.26 Å². The maximum absolute atomic E-state index is 11.0. The van der Waals surface area contributed by atoms with Crippen LogP contribution in [0.4, 0.5) is 0 Å². The van der Waals surface area contributed by atoms with Crippen molar-refractivity contribution in [2.45, 2.75) is 25.8 Å². The monoisotopic (exact) mass is 188 g/mol. The Bertz CT molecular complexity index is 291. The van der Waals surface area contributed by atoms with Crippen molar-refractivity contribution in [3.05, 3.63) is 0 Å². The van der Waals surface area contributed by atoms with Crippen molar-refractivity contribution in [3.63, 3.8) is 0 Å². The van der Waals surface area contributed by atoms with E-state index in [1.165, 1.54) is 0 Å². The third-order valence-electron chi connectivity index (χ3n) is 2.03. The van der Waals surface area contributed by atoms with Crippen LogP contribution in [0.25, 0.3) is 0 Å². The fourth-order valence-electron chi connectivity index (χ4n) is 1.20. The van der Waals surface area contributed by atoms with Crippen LogP contribution in [0.5, 0.6) is 0 Å². The SMILES string of the molecule is CCC1CC1NS(=O)(=O)CC#N. The molecular weight excluding hydrogens is 176 g/mol. The second-order valence-electron chi connectivity index (χ2n) is 3.05. The molecule has 0 aromatic carbocycles. The summed E-state index contributed by atoms with van der Waals surface area (Å²) in [5.41, 5.74) is 0. The van der Waals surface area contributed by atoms with E-state index in [9.17, 15) is 8.42 Å². The van der Waals surface area contributed by atoms with E-state index in [0.717, 1.165) is 12.8 Å². The second kappa shape index (κ2) is 3.42. The maximum Gasteiger partial charge on any atom is 0.225 e. The fourth-order valence-corrected chi connectivity index (χ4v) is 2.20. The van der Waals surface area contributed by atoms with Crippen LogP contribution in [-0.2, 0) is 10.0 Å². The van der Waals surface area contributed by atoms with Gasteiger partial charge in [0.1, 0.15) is 0 Å². The Morgan fingerprint density at radius 2 is 2.33 bits per heavy atom. The number of sulfonamides is 1. The van der Waals surface area contributed by atoms with E-state index in [1.807, 2.05) is 6.92 Å². The van der Waals surface area contributed by atoms with Gasteiger partial charge in [0.25, 0.3) is 0 Å². The molecule has 2 unspecified atom stereocenters. The van der Waals surface area contributed by atoms with E-state index in [1.54, 1.807) is 6.07 Å². The first-order valence-electron chi connectivity index (χ1n) is 3.96. The molecule has 0 spiro atoms. The van der Waals surface area contributed by atoms with Crippen LogP contribution < -0.4 is 4.72 Å². The molecule has 1 aliphatic carbocycles. The van der Waals surface area contributed by atoms with E-state index in [0.29, 0.717) is 5.92 Å². The highest BCUT2D eigenvalue weighted by atomic mass is 32.2. The Morgan fingerprint density at radius 3 is 2.75 bits per heavy atom. The first-order chi connectivity index (χ1) is 5.59. The number of rotatable bonds is 4. The highest BCUT2D eigenvalue weighted by molar-refractivity contribution is 7.89. The lowest BCUT2D eigenvalue weighted by atomic mass is 10.3. The molecule has 1 saturated carbocycles. The van der Waals surface area contributed by atoms with Gasteiger partial charge in [0.15, 0.2) is 5.75 Å². The lowest BCUT2D eigenvalue weighted by Crippen LogP contribution is -2.28. The van der Waals surface area contributed by atoms with Crippen molar-refractivity contribution in [1.29, 1.82) is 5.26 Å². The molecule has 0 aliphatic heterocycles. The summed E-state index contributed by atoms with van der Waals surface area (Å²) >= 11 is 0. The highest BCUT2D eigenvalue weighted by Gasteiger charge is 2.37. The summed E-state index contributed by atoms with van der Waals surface area (Å²) in [4.78, 5) is 0. The predicted octanol–water partition coefficient (Wildman–Crippen LogP) is 0.228. The van der Waals surface area contributed by atoms with Gasteiger partial charge in [0.2, 0.25) is 10.0 Å². The molecule has 12 heavy (non-hydrogen) atoms. The lowest BCUT2D eigenvalue weighted by molar-refractivity contribution is 0.579. The lowest BCUT2D eigenvalue weighted by Gasteiger charge is -2.00. The van der Waals surface area contributed by atoms with Gasteiger partial charge in [0, 0.05) is 6.04 Å². The number of nitrogens with one attached hydrogen (secondary N) is 1. The van der Waals surface area contributed by atoms with Crippen molar-refractivity contribution in [2.24, 2.45) is 5.92 Å². The standard InChI is InChI=1S/C7H12N2O2S/c1-2-6-5-7(6)9-12(10,11)4-3-8/h6-7,9H,2,4-5H2,1H3. The molecule has 0 heterocycles. The molecule has 0 bridgehead atoms. The van der Waals surface area contributed by atoms with Crippen molar-refractivity contribution < 1.29 is 8.42 Å². The Balaban J connectivity index is 2.38. The minimum atomic E-state index is -3.32. The van der Waals surface area contributed by atoms with Crippen molar-refractivity contribution in [2.75, 3.05) is 5.75 Å². The minimum Gasteiger partial charge on any atom is -0.211 e. The van der Waals surface area contributed by atoms with Gasteiger partial charge in [-0.3, -0.25) is 0 Å². The smallest absolute Gasteiger partial charge is 0.211 e. The van der Waals surface area contributed by atoms with Gasteiger partial charge < -0.3 is 0 Å². The molecule has 1 rings (SSSR count). The molecular formula is C7H12N2O2S. The predicted molar refractivity (Wildman–Crippen MR) is 44.7 cm³/mol. The van der Waals surface area contributed by atoms with Gasteiger partial charge in [-0.1, -0.05) is 13.3 Å². The Labute approximate surface area is 72.6 Å². The molecule has 0 amide bonds. The quantitative estimate of drug-likeness (QED) is 0.686. The van der Waals surface area contributed by atoms with Crippen LogP contribution >= 0.6 is 0 Å². The zero-order valence-corrected chi connectivity index (χ0v) is 7.76. The van der Waals surface area contributed by atoms with Crippen LogP contribution in [-0.4, -0.2) is 20.2 Å².